The molecule has 1 aromatic rings. The molecule has 0 aromatic heterocycles. The van der Waals surface area contributed by atoms with Crippen LogP contribution in [0.5, 0.6) is 0 Å². The summed E-state index contributed by atoms with van der Waals surface area (Å²) in [5, 5.41) is 4.92. The van der Waals surface area contributed by atoms with E-state index in [0.717, 1.165) is 11.3 Å². The summed E-state index contributed by atoms with van der Waals surface area (Å²) in [6.07, 6.45) is 0. The van der Waals surface area contributed by atoms with Gasteiger partial charge in [0, 0.05) is 10.6 Å². The van der Waals surface area contributed by atoms with Gasteiger partial charge in [0.15, 0.2) is 0 Å². The van der Waals surface area contributed by atoms with E-state index in [1.54, 1.807) is 0 Å². The molecule has 2 rings (SSSR count). The summed E-state index contributed by atoms with van der Waals surface area (Å²) in [5.41, 5.74) is 7.00. The third-order valence-corrected chi connectivity index (χ3v) is 2.53. The standard InChI is InChI=1S/C10H12ClN5.ClH/c1-6-9(15-16-10(13-6)14-12)7-2-4-8(11)5-3-7;/h2-6H,12H2,1H3,(H2,13,14,16);1H. The van der Waals surface area contributed by atoms with Crippen molar-refractivity contribution in [1.82, 2.24) is 10.9 Å². The lowest BCUT2D eigenvalue weighted by molar-refractivity contribution is 0.809. The van der Waals surface area contributed by atoms with Gasteiger partial charge < -0.3 is 0 Å². The minimum Gasteiger partial charge on any atom is -0.293 e. The Morgan fingerprint density at radius 2 is 2.00 bits per heavy atom. The van der Waals surface area contributed by atoms with Gasteiger partial charge in [-0.05, 0) is 19.1 Å². The lowest BCUT2D eigenvalue weighted by Crippen LogP contribution is -2.44. The van der Waals surface area contributed by atoms with Crippen LogP contribution in [0.4, 0.5) is 0 Å². The van der Waals surface area contributed by atoms with Gasteiger partial charge in [-0.15, -0.1) is 12.4 Å². The van der Waals surface area contributed by atoms with E-state index >= 15 is 0 Å². The van der Waals surface area contributed by atoms with Crippen LogP contribution < -0.4 is 16.7 Å². The zero-order valence-electron chi connectivity index (χ0n) is 9.14. The summed E-state index contributed by atoms with van der Waals surface area (Å²) in [7, 11) is 0. The normalized spacial score (nSPS) is 18.4. The number of nitrogens with zero attached hydrogens (tertiary/aromatic N) is 2. The molecule has 0 bridgehead atoms. The summed E-state index contributed by atoms with van der Waals surface area (Å²) < 4.78 is 0. The van der Waals surface area contributed by atoms with Gasteiger partial charge in [0.25, 0.3) is 0 Å². The molecule has 1 atom stereocenters. The average molecular weight is 274 g/mol. The fraction of sp³-hybridized carbons (Fsp3) is 0.200. The number of hydrazone groups is 1. The third-order valence-electron chi connectivity index (χ3n) is 2.28. The van der Waals surface area contributed by atoms with Gasteiger partial charge in [-0.1, -0.05) is 23.7 Å². The van der Waals surface area contributed by atoms with Gasteiger partial charge in [0.05, 0.1) is 11.8 Å². The first kappa shape index (κ1) is 13.8. The molecule has 0 saturated heterocycles. The minimum atomic E-state index is -0.0477. The maximum atomic E-state index is 5.82. The van der Waals surface area contributed by atoms with Crippen LogP contribution in [-0.4, -0.2) is 17.7 Å². The van der Waals surface area contributed by atoms with Crippen molar-refractivity contribution in [3.63, 3.8) is 0 Å². The number of aliphatic imine (C=N–C) groups is 1. The molecule has 1 unspecified atom stereocenters. The van der Waals surface area contributed by atoms with E-state index in [0.29, 0.717) is 11.0 Å². The molecule has 7 heteroatoms. The second-order valence-corrected chi connectivity index (χ2v) is 3.85. The highest BCUT2D eigenvalue weighted by Gasteiger charge is 2.17. The number of rotatable bonds is 1. The van der Waals surface area contributed by atoms with Crippen LogP contribution >= 0.6 is 24.0 Å². The predicted octanol–water partition coefficient (Wildman–Crippen LogP) is 1.28. The number of hydrogen-bond donors (Lipinski definition) is 3. The topological polar surface area (TPSA) is 74.8 Å². The van der Waals surface area contributed by atoms with Crippen LogP contribution in [0.1, 0.15) is 12.5 Å². The van der Waals surface area contributed by atoms with E-state index < -0.39 is 0 Å². The number of halogens is 2. The van der Waals surface area contributed by atoms with E-state index in [2.05, 4.69) is 20.9 Å². The monoisotopic (exact) mass is 273 g/mol. The Morgan fingerprint density at radius 3 is 2.53 bits per heavy atom. The van der Waals surface area contributed by atoms with Crippen molar-refractivity contribution in [1.29, 1.82) is 0 Å². The highest BCUT2D eigenvalue weighted by Crippen LogP contribution is 2.14. The summed E-state index contributed by atoms with van der Waals surface area (Å²) >= 11 is 5.82. The molecule has 1 heterocycles. The Bertz CT molecular complexity index is 441. The highest BCUT2D eigenvalue weighted by molar-refractivity contribution is 6.30. The fourth-order valence-electron chi connectivity index (χ4n) is 1.49. The molecule has 5 nitrogen and oxygen atoms in total. The van der Waals surface area contributed by atoms with Crippen molar-refractivity contribution < 1.29 is 0 Å². The number of guanidine groups is 1. The Kier molecular flexibility index (Phi) is 4.74. The van der Waals surface area contributed by atoms with Crippen LogP contribution in [0.25, 0.3) is 0 Å². The van der Waals surface area contributed by atoms with Crippen molar-refractivity contribution in [2.75, 3.05) is 0 Å². The van der Waals surface area contributed by atoms with Crippen molar-refractivity contribution >= 4 is 35.7 Å². The Balaban J connectivity index is 0.00000144. The van der Waals surface area contributed by atoms with Gasteiger partial charge >= 0.3 is 0 Å². The summed E-state index contributed by atoms with van der Waals surface area (Å²) in [6.45, 7) is 1.95. The Labute approximate surface area is 111 Å². The lowest BCUT2D eigenvalue weighted by Gasteiger charge is -2.18. The first-order valence-electron chi connectivity index (χ1n) is 4.84. The average Bonchev–Trinajstić information content (AvgIpc) is 2.30. The van der Waals surface area contributed by atoms with Gasteiger partial charge in [0.1, 0.15) is 0 Å². The molecule has 4 N–H and O–H groups in total. The molecule has 0 aliphatic carbocycles. The van der Waals surface area contributed by atoms with Crippen LogP contribution in [0.15, 0.2) is 34.4 Å². The van der Waals surface area contributed by atoms with Crippen LogP contribution in [0.2, 0.25) is 5.02 Å². The molecule has 1 aromatic carbocycles. The molecule has 92 valence electrons. The van der Waals surface area contributed by atoms with Crippen molar-refractivity contribution in [3.8, 4) is 0 Å². The lowest BCUT2D eigenvalue weighted by atomic mass is 10.0. The Hall–Kier alpha value is -1.30. The number of hydrogen-bond acceptors (Lipinski definition) is 5. The van der Waals surface area contributed by atoms with Crippen LogP contribution in [0, 0.1) is 0 Å². The number of hydrazine groups is 1. The first-order chi connectivity index (χ1) is 7.70. The number of benzene rings is 1. The summed E-state index contributed by atoms with van der Waals surface area (Å²) in [6, 6.07) is 7.43. The molecule has 0 spiro atoms. The maximum absolute atomic E-state index is 5.82. The Morgan fingerprint density at radius 1 is 1.35 bits per heavy atom. The molecule has 0 fully saturated rings. The zero-order valence-corrected chi connectivity index (χ0v) is 10.7. The van der Waals surface area contributed by atoms with Gasteiger partial charge in [-0.3, -0.25) is 5.43 Å². The smallest absolute Gasteiger partial charge is 0.227 e. The maximum Gasteiger partial charge on any atom is 0.227 e. The quantitative estimate of drug-likeness (QED) is 0.533. The molecule has 1 aliphatic rings. The molecule has 1 aliphatic heterocycles. The molecule has 17 heavy (non-hydrogen) atoms. The third kappa shape index (κ3) is 3.09. The summed E-state index contributed by atoms with van der Waals surface area (Å²) in [5.74, 6) is 5.70. The zero-order chi connectivity index (χ0) is 11.5. The van der Waals surface area contributed by atoms with Crippen LogP contribution in [-0.2, 0) is 0 Å². The van der Waals surface area contributed by atoms with E-state index in [4.69, 9.17) is 17.4 Å². The predicted molar refractivity (Wildman–Crippen MR) is 72.6 cm³/mol. The summed E-state index contributed by atoms with van der Waals surface area (Å²) in [4.78, 5) is 4.29. The SMILES string of the molecule is CC1N=C(NN)NN=C1c1ccc(Cl)cc1.Cl. The van der Waals surface area contributed by atoms with E-state index in [-0.39, 0.29) is 18.4 Å². The molecular weight excluding hydrogens is 261 g/mol. The number of nitrogens with two attached hydrogens (primary N) is 1. The van der Waals surface area contributed by atoms with Crippen molar-refractivity contribution in [2.45, 2.75) is 13.0 Å². The van der Waals surface area contributed by atoms with Gasteiger partial charge in [-0.2, -0.15) is 5.10 Å². The molecule has 0 radical (unpaired) electrons. The molecule has 0 amide bonds. The van der Waals surface area contributed by atoms with Gasteiger partial charge in [-0.25, -0.2) is 16.3 Å². The second-order valence-electron chi connectivity index (χ2n) is 3.41. The number of nitrogens with one attached hydrogen (secondary N) is 2. The first-order valence-corrected chi connectivity index (χ1v) is 5.22. The van der Waals surface area contributed by atoms with E-state index in [1.807, 2.05) is 31.2 Å². The van der Waals surface area contributed by atoms with Gasteiger partial charge in [0.2, 0.25) is 5.96 Å². The van der Waals surface area contributed by atoms with Crippen molar-refractivity contribution in [3.05, 3.63) is 34.9 Å². The minimum absolute atomic E-state index is 0. The highest BCUT2D eigenvalue weighted by atomic mass is 35.5. The molecule has 0 saturated carbocycles. The van der Waals surface area contributed by atoms with Crippen LogP contribution in [0.3, 0.4) is 0 Å². The fourth-order valence-corrected chi connectivity index (χ4v) is 1.61. The second kappa shape index (κ2) is 5.86. The van der Waals surface area contributed by atoms with E-state index in [1.165, 1.54) is 0 Å². The largest absolute Gasteiger partial charge is 0.293 e. The van der Waals surface area contributed by atoms with Crippen molar-refractivity contribution in [2.24, 2.45) is 15.9 Å². The van der Waals surface area contributed by atoms with E-state index in [9.17, 15) is 0 Å². The molecular formula is C10H13Cl2N5.